The number of rotatable bonds is 4. The number of nitrogens with one attached hydrogen (secondary N) is 2. The van der Waals surface area contributed by atoms with Crippen LogP contribution in [0.4, 0.5) is 5.82 Å². The zero-order valence-electron chi connectivity index (χ0n) is 10.3. The molecule has 0 aliphatic heterocycles. The van der Waals surface area contributed by atoms with Crippen molar-refractivity contribution in [1.29, 1.82) is 0 Å². The summed E-state index contributed by atoms with van der Waals surface area (Å²) < 4.78 is 0. The van der Waals surface area contributed by atoms with Crippen molar-refractivity contribution in [3.63, 3.8) is 0 Å². The molecule has 0 saturated heterocycles. The number of aryl methyl sites for hydroxylation is 1. The van der Waals surface area contributed by atoms with E-state index in [4.69, 9.17) is 0 Å². The largest absolute Gasteiger partial charge is 0.370 e. The molecular weight excluding hydrogens is 216 g/mol. The smallest absolute Gasteiger partial charge is 0.199 e. The van der Waals surface area contributed by atoms with Gasteiger partial charge >= 0.3 is 0 Å². The lowest BCUT2D eigenvalue weighted by Gasteiger charge is -2.11. The van der Waals surface area contributed by atoms with E-state index in [1.165, 1.54) is 6.33 Å². The molecule has 0 atom stereocenters. The minimum atomic E-state index is 0.577. The SMILES string of the molecule is CCNc1nc(-c2ncn[nH]2)nc(C)c1CC. The van der Waals surface area contributed by atoms with Gasteiger partial charge in [-0.05, 0) is 20.3 Å². The van der Waals surface area contributed by atoms with E-state index in [2.05, 4.69) is 37.4 Å². The Kier molecular flexibility index (Phi) is 3.32. The predicted octanol–water partition coefficient (Wildman–Crippen LogP) is 1.56. The Morgan fingerprint density at radius 2 is 2.12 bits per heavy atom. The average molecular weight is 232 g/mol. The summed E-state index contributed by atoms with van der Waals surface area (Å²) in [7, 11) is 0. The molecular formula is C11H16N6. The third kappa shape index (κ3) is 2.25. The Bertz CT molecular complexity index is 491. The number of aromatic amines is 1. The summed E-state index contributed by atoms with van der Waals surface area (Å²) in [5.74, 6) is 2.05. The zero-order valence-corrected chi connectivity index (χ0v) is 10.3. The summed E-state index contributed by atoms with van der Waals surface area (Å²) in [5, 5.41) is 9.84. The molecule has 0 amide bonds. The first-order valence-corrected chi connectivity index (χ1v) is 5.73. The van der Waals surface area contributed by atoms with E-state index in [0.717, 1.165) is 30.0 Å². The Morgan fingerprint density at radius 3 is 2.71 bits per heavy atom. The van der Waals surface area contributed by atoms with Crippen LogP contribution in [0, 0.1) is 6.92 Å². The van der Waals surface area contributed by atoms with Crippen molar-refractivity contribution in [1.82, 2.24) is 25.1 Å². The van der Waals surface area contributed by atoms with Crippen LogP contribution in [-0.2, 0) is 6.42 Å². The molecule has 6 heteroatoms. The summed E-state index contributed by atoms with van der Waals surface area (Å²) in [6.07, 6.45) is 2.36. The van der Waals surface area contributed by atoms with Crippen LogP contribution in [0.1, 0.15) is 25.1 Å². The van der Waals surface area contributed by atoms with Crippen LogP contribution in [0.3, 0.4) is 0 Å². The van der Waals surface area contributed by atoms with Gasteiger partial charge < -0.3 is 5.32 Å². The molecule has 0 aliphatic rings. The van der Waals surface area contributed by atoms with Gasteiger partial charge in [0.25, 0.3) is 0 Å². The summed E-state index contributed by atoms with van der Waals surface area (Å²) in [6, 6.07) is 0. The van der Waals surface area contributed by atoms with Gasteiger partial charge in [0, 0.05) is 17.8 Å². The van der Waals surface area contributed by atoms with Gasteiger partial charge in [0.2, 0.25) is 0 Å². The van der Waals surface area contributed by atoms with E-state index in [-0.39, 0.29) is 0 Å². The third-order valence-electron chi connectivity index (χ3n) is 2.54. The van der Waals surface area contributed by atoms with Crippen molar-refractivity contribution in [2.24, 2.45) is 0 Å². The highest BCUT2D eigenvalue weighted by atomic mass is 15.2. The molecule has 17 heavy (non-hydrogen) atoms. The second kappa shape index (κ2) is 4.90. The van der Waals surface area contributed by atoms with Crippen molar-refractivity contribution in [2.75, 3.05) is 11.9 Å². The van der Waals surface area contributed by atoms with E-state index in [1.807, 2.05) is 13.8 Å². The number of H-pyrrole nitrogens is 1. The van der Waals surface area contributed by atoms with Gasteiger partial charge in [-0.15, -0.1) is 0 Å². The van der Waals surface area contributed by atoms with Crippen LogP contribution in [-0.4, -0.2) is 31.7 Å². The second-order valence-corrected chi connectivity index (χ2v) is 3.68. The van der Waals surface area contributed by atoms with E-state index in [9.17, 15) is 0 Å². The van der Waals surface area contributed by atoms with E-state index in [1.54, 1.807) is 0 Å². The maximum atomic E-state index is 4.48. The van der Waals surface area contributed by atoms with Crippen molar-refractivity contribution in [3.8, 4) is 11.6 Å². The molecule has 0 radical (unpaired) electrons. The molecule has 2 aromatic rings. The fourth-order valence-corrected chi connectivity index (χ4v) is 1.75. The van der Waals surface area contributed by atoms with Crippen LogP contribution in [0.2, 0.25) is 0 Å². The molecule has 90 valence electrons. The zero-order chi connectivity index (χ0) is 12.3. The van der Waals surface area contributed by atoms with Crippen molar-refractivity contribution in [3.05, 3.63) is 17.6 Å². The lowest BCUT2D eigenvalue weighted by Crippen LogP contribution is -2.08. The summed E-state index contributed by atoms with van der Waals surface area (Å²) in [5.41, 5.74) is 2.12. The first-order valence-electron chi connectivity index (χ1n) is 5.73. The van der Waals surface area contributed by atoms with Crippen molar-refractivity contribution in [2.45, 2.75) is 27.2 Å². The molecule has 0 aromatic carbocycles. The quantitative estimate of drug-likeness (QED) is 0.836. The maximum Gasteiger partial charge on any atom is 0.199 e. The van der Waals surface area contributed by atoms with Crippen LogP contribution >= 0.6 is 0 Å². The Labute approximate surface area is 99.9 Å². The van der Waals surface area contributed by atoms with Gasteiger partial charge in [0.15, 0.2) is 11.6 Å². The molecule has 6 nitrogen and oxygen atoms in total. The topological polar surface area (TPSA) is 79.4 Å². The number of hydrogen-bond donors (Lipinski definition) is 2. The van der Waals surface area contributed by atoms with Crippen LogP contribution < -0.4 is 5.32 Å². The van der Waals surface area contributed by atoms with Crippen molar-refractivity contribution < 1.29 is 0 Å². The van der Waals surface area contributed by atoms with Gasteiger partial charge in [-0.25, -0.2) is 15.0 Å². The number of nitrogens with zero attached hydrogens (tertiary/aromatic N) is 4. The summed E-state index contributed by atoms with van der Waals surface area (Å²) in [6.45, 7) is 6.96. The maximum absolute atomic E-state index is 4.48. The van der Waals surface area contributed by atoms with Gasteiger partial charge in [-0.1, -0.05) is 6.92 Å². The second-order valence-electron chi connectivity index (χ2n) is 3.68. The number of anilines is 1. The van der Waals surface area contributed by atoms with E-state index in [0.29, 0.717) is 11.6 Å². The Balaban J connectivity index is 2.50. The number of hydrogen-bond acceptors (Lipinski definition) is 5. The highest BCUT2D eigenvalue weighted by molar-refractivity contribution is 5.53. The fraction of sp³-hybridized carbons (Fsp3) is 0.455. The van der Waals surface area contributed by atoms with Crippen LogP contribution in [0.15, 0.2) is 6.33 Å². The minimum absolute atomic E-state index is 0.577. The van der Waals surface area contributed by atoms with Gasteiger partial charge in [0.1, 0.15) is 12.1 Å². The summed E-state index contributed by atoms with van der Waals surface area (Å²) >= 11 is 0. The summed E-state index contributed by atoms with van der Waals surface area (Å²) in [4.78, 5) is 13.0. The highest BCUT2D eigenvalue weighted by Gasteiger charge is 2.12. The lowest BCUT2D eigenvalue weighted by molar-refractivity contribution is 0.973. The monoisotopic (exact) mass is 232 g/mol. The molecule has 0 saturated carbocycles. The van der Waals surface area contributed by atoms with Gasteiger partial charge in [0.05, 0.1) is 0 Å². The molecule has 0 spiro atoms. The van der Waals surface area contributed by atoms with Crippen molar-refractivity contribution >= 4 is 5.82 Å². The highest BCUT2D eigenvalue weighted by Crippen LogP contribution is 2.20. The molecule has 2 heterocycles. The molecule has 2 aromatic heterocycles. The molecule has 0 fully saturated rings. The fourth-order valence-electron chi connectivity index (χ4n) is 1.75. The van der Waals surface area contributed by atoms with E-state index >= 15 is 0 Å². The molecule has 0 aliphatic carbocycles. The van der Waals surface area contributed by atoms with Gasteiger partial charge in [-0.2, -0.15) is 5.10 Å². The van der Waals surface area contributed by atoms with Crippen LogP contribution in [0.25, 0.3) is 11.6 Å². The molecule has 0 bridgehead atoms. The minimum Gasteiger partial charge on any atom is -0.370 e. The standard InChI is InChI=1S/C11H16N6/c1-4-8-7(3)15-11(10-13-6-14-17-10)16-9(8)12-5-2/h6H,4-5H2,1-3H3,(H,12,15,16)(H,13,14,17). The number of aromatic nitrogens is 5. The Morgan fingerprint density at radius 1 is 1.29 bits per heavy atom. The lowest BCUT2D eigenvalue weighted by atomic mass is 10.1. The normalized spacial score (nSPS) is 10.5. The molecule has 2 N–H and O–H groups in total. The molecule has 0 unspecified atom stereocenters. The molecule has 2 rings (SSSR count). The third-order valence-corrected chi connectivity index (χ3v) is 2.54. The van der Waals surface area contributed by atoms with Gasteiger partial charge in [-0.3, -0.25) is 5.10 Å². The van der Waals surface area contributed by atoms with Crippen LogP contribution in [0.5, 0.6) is 0 Å². The predicted molar refractivity (Wildman–Crippen MR) is 65.7 cm³/mol. The van der Waals surface area contributed by atoms with E-state index < -0.39 is 0 Å². The first kappa shape index (κ1) is 11.5. The Hall–Kier alpha value is -1.98. The first-order chi connectivity index (χ1) is 8.26. The average Bonchev–Trinajstić information content (AvgIpc) is 2.82.